The molecule has 3 aliphatic rings. The standard InChI is InChI=1S/C54H58O28/c1-71-32-12-22(4-8-28(32)59)5-10-39(61)74-21-38-44(66)47(69)51(82-54-50(46(68)43(65)37(20-56)79-54)81-40(62)11-6-23-13-33(72-2)41(63)34(14-23)73-3)53(80-38)77-35-18-26-30(75-49(35)24-7-9-27(58)29(60)15-24)16-25(57)17-31(26)76-52-48(70)45(67)42(64)36(19-55)78-52/h4-18,36-38,42-48,50-56,64-70H,19-21H2,1-3H3,(H4-,57,58,59,60,61,62,63)/p+1/t36?,37?,38?,42-,43+,44+,45-,46-,47?,48?,50?,51+,52+,53+,54-/m0/s1. The number of benzene rings is 4. The molecular weight excluding hydrogens is 1100 g/mol. The summed E-state index contributed by atoms with van der Waals surface area (Å²) in [5, 5.41) is 150. The zero-order chi connectivity index (χ0) is 59.3. The molecule has 4 aromatic carbocycles. The van der Waals surface area contributed by atoms with Gasteiger partial charge in [0.2, 0.25) is 24.1 Å². The van der Waals surface area contributed by atoms with Crippen molar-refractivity contribution in [2.24, 2.45) is 0 Å². The van der Waals surface area contributed by atoms with Crippen LogP contribution in [0.1, 0.15) is 11.1 Å². The van der Waals surface area contributed by atoms with Crippen LogP contribution in [0.2, 0.25) is 0 Å². The first-order chi connectivity index (χ1) is 39.2. The minimum Gasteiger partial charge on any atom is -0.507 e. The molecule has 0 saturated carbocycles. The Hall–Kier alpha value is -7.81. The summed E-state index contributed by atoms with van der Waals surface area (Å²) >= 11 is 0. The van der Waals surface area contributed by atoms with Crippen LogP contribution in [0.15, 0.2) is 83.3 Å². The van der Waals surface area contributed by atoms with Gasteiger partial charge in [0.1, 0.15) is 84.5 Å². The molecule has 3 saturated heterocycles. The lowest BCUT2D eigenvalue weighted by atomic mass is 9.97. The summed E-state index contributed by atoms with van der Waals surface area (Å²) in [6.45, 7) is -2.63. The van der Waals surface area contributed by atoms with Gasteiger partial charge in [0.05, 0.1) is 46.2 Å². The van der Waals surface area contributed by atoms with Crippen molar-refractivity contribution in [1.29, 1.82) is 0 Å². The Bertz CT molecular complexity index is 3100. The highest BCUT2D eigenvalue weighted by Crippen LogP contribution is 2.44. The number of phenols is 5. The van der Waals surface area contributed by atoms with Crippen LogP contribution in [0.5, 0.6) is 57.5 Å². The van der Waals surface area contributed by atoms with E-state index in [-0.39, 0.29) is 62.4 Å². The summed E-state index contributed by atoms with van der Waals surface area (Å²) in [7, 11) is 3.86. The SMILES string of the molecule is COc1cc(/C=C/C(=O)OCC2O[C@@H](Oc3cc4c(O[C@@H]5OC(CO)[C@H](O)[C@H](O)C5O)cc(O)cc4[o+]c3-c3ccc(O)c(O)c3)[C@H](O[C@@H]3OC(CO)[C@@H](O)[C@H](O)C3OC(=O)/C=C/c3cc(OC)c(O)c(OC)c3)C(O)[C@@H]2O)ccc1O. The lowest BCUT2D eigenvalue weighted by Gasteiger charge is -2.46. The van der Waals surface area contributed by atoms with Crippen LogP contribution in [0, 0.1) is 0 Å². The van der Waals surface area contributed by atoms with Crippen molar-refractivity contribution in [3.05, 3.63) is 90.0 Å². The van der Waals surface area contributed by atoms with Gasteiger partial charge in [-0.25, -0.2) is 14.0 Å². The highest BCUT2D eigenvalue weighted by Gasteiger charge is 2.54. The number of hydrogen-bond acceptors (Lipinski definition) is 27. The number of fused-ring (bicyclic) bond motifs is 1. The maximum absolute atomic E-state index is 13.5. The van der Waals surface area contributed by atoms with Gasteiger partial charge >= 0.3 is 23.3 Å². The largest absolute Gasteiger partial charge is 0.507 e. The predicted molar refractivity (Wildman–Crippen MR) is 274 cm³/mol. The lowest BCUT2D eigenvalue weighted by molar-refractivity contribution is -0.358. The average Bonchev–Trinajstić information content (AvgIpc) is 3.62. The van der Waals surface area contributed by atoms with Crippen LogP contribution < -0.4 is 23.7 Å². The number of aliphatic hydroxyl groups excluding tert-OH is 9. The highest BCUT2D eigenvalue weighted by atomic mass is 16.8. The number of carbonyl (C=O) groups excluding carboxylic acids is 2. The molecule has 4 heterocycles. The number of ether oxygens (including phenoxy) is 11. The van der Waals surface area contributed by atoms with E-state index in [0.717, 1.165) is 36.4 Å². The maximum Gasteiger partial charge on any atom is 0.402 e. The van der Waals surface area contributed by atoms with Gasteiger partial charge in [0, 0.05) is 30.4 Å². The molecule has 0 radical (unpaired) electrons. The number of methoxy groups -OCH3 is 3. The van der Waals surface area contributed by atoms with Gasteiger partial charge in [-0.15, -0.1) is 0 Å². The van der Waals surface area contributed by atoms with Crippen molar-refractivity contribution in [3.63, 3.8) is 0 Å². The smallest absolute Gasteiger partial charge is 0.402 e. The van der Waals surface area contributed by atoms with Crippen molar-refractivity contribution < 1.29 is 138 Å². The van der Waals surface area contributed by atoms with Crippen molar-refractivity contribution in [2.45, 2.75) is 92.1 Å². The molecule has 5 aromatic rings. The molecule has 28 heteroatoms. The molecule has 0 spiro atoms. The second kappa shape index (κ2) is 26.0. The molecule has 3 fully saturated rings. The third kappa shape index (κ3) is 13.1. The van der Waals surface area contributed by atoms with E-state index in [2.05, 4.69) is 0 Å². The zero-order valence-corrected chi connectivity index (χ0v) is 43.4. The Morgan fingerprint density at radius 1 is 0.537 bits per heavy atom. The van der Waals surface area contributed by atoms with Gasteiger partial charge in [0.15, 0.2) is 53.0 Å². The summed E-state index contributed by atoms with van der Waals surface area (Å²) in [4.78, 5) is 26.7. The molecule has 15 atom stereocenters. The zero-order valence-electron chi connectivity index (χ0n) is 43.4. The Morgan fingerprint density at radius 2 is 1.11 bits per heavy atom. The second-order valence-corrected chi connectivity index (χ2v) is 18.7. The molecule has 0 aliphatic carbocycles. The fourth-order valence-electron chi connectivity index (χ4n) is 8.89. The quantitative estimate of drug-likeness (QED) is 0.0217. The topological polar surface area (TPSA) is 430 Å². The molecule has 0 amide bonds. The van der Waals surface area contributed by atoms with E-state index in [4.69, 9.17) is 56.5 Å². The van der Waals surface area contributed by atoms with E-state index in [1.54, 1.807) is 0 Å². The minimum atomic E-state index is -2.21. The van der Waals surface area contributed by atoms with Gasteiger partial charge in [-0.3, -0.25) is 0 Å². The monoisotopic (exact) mass is 1160 g/mol. The van der Waals surface area contributed by atoms with E-state index in [1.165, 1.54) is 75.9 Å². The molecule has 14 N–H and O–H groups in total. The summed E-state index contributed by atoms with van der Waals surface area (Å²) in [5.41, 5.74) is 0.345. The van der Waals surface area contributed by atoms with E-state index in [1.807, 2.05) is 0 Å². The summed E-state index contributed by atoms with van der Waals surface area (Å²) in [6, 6.07) is 13.5. The molecule has 8 rings (SSSR count). The Balaban J connectivity index is 1.18. The number of esters is 2. The van der Waals surface area contributed by atoms with E-state index < -0.39 is 147 Å². The van der Waals surface area contributed by atoms with Crippen molar-refractivity contribution >= 4 is 35.1 Å². The fraction of sp³-hybridized carbons (Fsp3) is 0.389. The van der Waals surface area contributed by atoms with Crippen LogP contribution >= 0.6 is 0 Å². The molecule has 28 nitrogen and oxygen atoms in total. The van der Waals surface area contributed by atoms with Crippen LogP contribution in [-0.2, 0) is 38.0 Å². The summed E-state index contributed by atoms with van der Waals surface area (Å²) < 4.78 is 68.8. The van der Waals surface area contributed by atoms with Crippen molar-refractivity contribution in [1.82, 2.24) is 0 Å². The fourth-order valence-corrected chi connectivity index (χ4v) is 8.89. The summed E-state index contributed by atoms with van der Waals surface area (Å²) in [6.07, 6.45) is -24.6. The van der Waals surface area contributed by atoms with E-state index in [9.17, 15) is 81.1 Å². The third-order valence-electron chi connectivity index (χ3n) is 13.3. The van der Waals surface area contributed by atoms with Crippen LogP contribution in [0.25, 0.3) is 34.4 Å². The van der Waals surface area contributed by atoms with E-state index >= 15 is 0 Å². The van der Waals surface area contributed by atoms with Gasteiger partial charge in [-0.2, -0.15) is 0 Å². The summed E-state index contributed by atoms with van der Waals surface area (Å²) in [5.74, 6) is -5.66. The number of aliphatic hydroxyl groups is 9. The van der Waals surface area contributed by atoms with Gasteiger partial charge in [0.25, 0.3) is 0 Å². The second-order valence-electron chi connectivity index (χ2n) is 18.7. The molecule has 82 heavy (non-hydrogen) atoms. The number of hydrogen-bond donors (Lipinski definition) is 14. The van der Waals surface area contributed by atoms with Gasteiger partial charge in [-0.05, 0) is 59.7 Å². The number of aromatic hydroxyl groups is 5. The Labute approximate surface area is 463 Å². The number of carbonyl (C=O) groups is 2. The normalized spacial score (nSPS) is 28.4. The molecule has 0 bridgehead atoms. The van der Waals surface area contributed by atoms with Crippen LogP contribution in [0.4, 0.5) is 0 Å². The lowest BCUT2D eigenvalue weighted by Crippen LogP contribution is -2.65. The maximum atomic E-state index is 13.5. The van der Waals surface area contributed by atoms with E-state index in [0.29, 0.717) is 5.56 Å². The Morgan fingerprint density at radius 3 is 1.77 bits per heavy atom. The molecule has 1 aromatic heterocycles. The first-order valence-electron chi connectivity index (χ1n) is 24.8. The number of rotatable bonds is 19. The molecule has 3 aliphatic heterocycles. The molecule has 6 unspecified atom stereocenters. The van der Waals surface area contributed by atoms with Crippen molar-refractivity contribution in [3.8, 4) is 68.8 Å². The minimum absolute atomic E-state index is 0.0293. The number of phenolic OH excluding ortho intramolecular Hbond substituents is 5. The predicted octanol–water partition coefficient (Wildman–Crippen LogP) is -0.355. The third-order valence-corrected chi connectivity index (χ3v) is 13.3. The Kier molecular flexibility index (Phi) is 19.1. The molecule has 442 valence electrons. The van der Waals surface area contributed by atoms with Crippen molar-refractivity contribution in [2.75, 3.05) is 41.2 Å². The molecular formula is C54H59O28+. The van der Waals surface area contributed by atoms with Crippen LogP contribution in [0.3, 0.4) is 0 Å². The average molecular weight is 1160 g/mol. The van der Waals surface area contributed by atoms with Gasteiger partial charge < -0.3 is 124 Å². The first-order valence-corrected chi connectivity index (χ1v) is 24.8. The van der Waals surface area contributed by atoms with Crippen LogP contribution in [-0.4, -0.2) is 217 Å². The first kappa shape index (κ1) is 60.3. The van der Waals surface area contributed by atoms with Gasteiger partial charge in [-0.1, -0.05) is 6.07 Å². The highest BCUT2D eigenvalue weighted by molar-refractivity contribution is 5.90.